The molecule has 134 valence electrons. The van der Waals surface area contributed by atoms with Crippen LogP contribution in [0.5, 0.6) is 0 Å². The number of likely N-dealkylation sites (tertiary alicyclic amines) is 1. The summed E-state index contributed by atoms with van der Waals surface area (Å²) in [6, 6.07) is 6.27. The Bertz CT molecular complexity index is 872. The lowest BCUT2D eigenvalue weighted by molar-refractivity contribution is -0.115. The van der Waals surface area contributed by atoms with Crippen LogP contribution < -0.4 is 5.31 Å². The third-order valence-electron chi connectivity index (χ3n) is 3.68. The average Bonchev–Trinajstić information content (AvgIpc) is 2.86. The van der Waals surface area contributed by atoms with Crippen LogP contribution in [0, 0.1) is 0 Å². The highest BCUT2D eigenvalue weighted by molar-refractivity contribution is 6.47. The van der Waals surface area contributed by atoms with Crippen LogP contribution in [-0.2, 0) is 9.53 Å². The van der Waals surface area contributed by atoms with Gasteiger partial charge in [-0.1, -0.05) is 23.7 Å². The smallest absolute Gasteiger partial charge is 0.410 e. The number of carbonyl (C=O) groups is 2. The number of carbonyl (C=O) groups excluding carboxylic acids is 2. The van der Waals surface area contributed by atoms with E-state index in [1.165, 1.54) is 0 Å². The molecule has 2 aliphatic rings. The van der Waals surface area contributed by atoms with Crippen molar-refractivity contribution in [2.24, 2.45) is 4.99 Å². The molecular weight excluding hydrogens is 342 g/mol. The molecule has 1 aromatic rings. The van der Waals surface area contributed by atoms with Gasteiger partial charge in [-0.05, 0) is 32.9 Å². The van der Waals surface area contributed by atoms with Gasteiger partial charge in [0.05, 0.1) is 0 Å². The Morgan fingerprint density at radius 2 is 2.12 bits per heavy atom. The van der Waals surface area contributed by atoms with E-state index in [4.69, 9.17) is 21.9 Å². The zero-order valence-electron chi connectivity index (χ0n) is 18.2. The second-order valence-electron chi connectivity index (χ2n) is 6.90. The van der Waals surface area contributed by atoms with Crippen LogP contribution in [0.15, 0.2) is 29.3 Å². The summed E-state index contributed by atoms with van der Waals surface area (Å²) in [6.45, 7) is 3.23. The van der Waals surface area contributed by atoms with Crippen molar-refractivity contribution in [1.82, 2.24) is 10.2 Å². The number of piperidine rings is 1. The SMILES string of the molecule is [2H]C1N(C(=O)OC(C)(C)C)CCC2(N=C(c3ccc(Cl)cc3)C(=O)N2[2H])C1([2H])[2H]. The van der Waals surface area contributed by atoms with Crippen molar-refractivity contribution >= 4 is 29.3 Å². The number of aliphatic imine (C=N–C) groups is 1. The zero-order chi connectivity index (χ0) is 21.8. The third-order valence-corrected chi connectivity index (χ3v) is 3.94. The number of amides is 2. The largest absolute Gasteiger partial charge is 0.444 e. The summed E-state index contributed by atoms with van der Waals surface area (Å²) in [5.74, 6) is -0.769. The van der Waals surface area contributed by atoms with Crippen molar-refractivity contribution in [3.63, 3.8) is 0 Å². The van der Waals surface area contributed by atoms with Crippen LogP contribution in [0.3, 0.4) is 0 Å². The van der Waals surface area contributed by atoms with Gasteiger partial charge < -0.3 is 14.9 Å². The molecule has 0 saturated carbocycles. The molecule has 25 heavy (non-hydrogen) atoms. The van der Waals surface area contributed by atoms with Gasteiger partial charge in [-0.3, -0.25) is 9.79 Å². The Balaban J connectivity index is 1.97. The minimum Gasteiger partial charge on any atom is -0.444 e. The summed E-state index contributed by atoms with van der Waals surface area (Å²) < 4.78 is 38.9. The van der Waals surface area contributed by atoms with Gasteiger partial charge in [-0.2, -0.15) is 0 Å². The van der Waals surface area contributed by atoms with Gasteiger partial charge in [0.2, 0.25) is 0 Å². The molecule has 0 radical (unpaired) electrons. The van der Waals surface area contributed by atoms with E-state index >= 15 is 0 Å². The molecule has 2 heterocycles. The van der Waals surface area contributed by atoms with E-state index in [-0.39, 0.29) is 18.7 Å². The van der Waals surface area contributed by atoms with Gasteiger partial charge in [0, 0.05) is 40.6 Å². The maximum atomic E-state index is 12.7. The first-order valence-electron chi connectivity index (χ1n) is 9.94. The number of rotatable bonds is 1. The van der Waals surface area contributed by atoms with Crippen LogP contribution in [0.25, 0.3) is 0 Å². The fraction of sp³-hybridized carbons (Fsp3) is 0.500. The molecule has 2 amide bonds. The minimum atomic E-state index is -2.51. The molecule has 0 aliphatic carbocycles. The molecule has 0 aromatic heterocycles. The van der Waals surface area contributed by atoms with Crippen LogP contribution in [0.1, 0.15) is 43.2 Å². The van der Waals surface area contributed by atoms with Gasteiger partial charge in [-0.25, -0.2) is 4.79 Å². The highest BCUT2D eigenvalue weighted by atomic mass is 35.5. The quantitative estimate of drug-likeness (QED) is 0.829. The Morgan fingerprint density at radius 3 is 2.76 bits per heavy atom. The van der Waals surface area contributed by atoms with Crippen molar-refractivity contribution in [3.8, 4) is 0 Å². The fourth-order valence-electron chi connectivity index (χ4n) is 2.51. The number of halogens is 1. The molecule has 2 aliphatic heterocycles. The average molecular weight is 368 g/mol. The van der Waals surface area contributed by atoms with Crippen LogP contribution in [0.2, 0.25) is 6.43 Å². The number of ether oxygens (including phenoxy) is 1. The van der Waals surface area contributed by atoms with Crippen molar-refractivity contribution in [2.45, 2.75) is 44.8 Å². The lowest BCUT2D eigenvalue weighted by Crippen LogP contribution is -2.53. The standard InChI is InChI=1S/C18H22ClN3O3/c1-17(2,3)25-16(24)22-10-8-18(9-11-22)20-14(15(23)21-18)12-4-6-13(19)7-5-12/h4-7H,8-11H2,1-3H3,(H,21,23)/i8D2,10D/hD. The van der Waals surface area contributed by atoms with Crippen molar-refractivity contribution in [2.75, 3.05) is 13.1 Å². The van der Waals surface area contributed by atoms with E-state index in [0.29, 0.717) is 15.9 Å². The lowest BCUT2D eigenvalue weighted by atomic mass is 9.98. The molecule has 1 fully saturated rings. The van der Waals surface area contributed by atoms with E-state index in [0.717, 1.165) is 4.90 Å². The molecule has 1 saturated heterocycles. The van der Waals surface area contributed by atoms with Gasteiger partial charge in [0.15, 0.2) is 1.41 Å². The summed E-state index contributed by atoms with van der Waals surface area (Å²) in [5, 5.41) is 0.953. The van der Waals surface area contributed by atoms with E-state index in [1.807, 2.05) is 0 Å². The van der Waals surface area contributed by atoms with E-state index < -0.39 is 36.2 Å². The normalized spacial score (nSPS) is 31.1. The van der Waals surface area contributed by atoms with Crippen molar-refractivity contribution in [3.05, 3.63) is 34.9 Å². The number of hydrogen-bond donors (Lipinski definition) is 1. The van der Waals surface area contributed by atoms with Gasteiger partial charge in [0.1, 0.15) is 17.0 Å². The molecular formula is C18H22ClN3O3. The highest BCUT2D eigenvalue weighted by Crippen LogP contribution is 2.29. The Kier molecular flexibility index (Phi) is 3.34. The molecule has 2 unspecified atom stereocenters. The Labute approximate surface area is 157 Å². The zero-order valence-corrected chi connectivity index (χ0v) is 15.0. The van der Waals surface area contributed by atoms with Crippen molar-refractivity contribution < 1.29 is 19.9 Å². The molecule has 3 rings (SSSR count). The van der Waals surface area contributed by atoms with Gasteiger partial charge in [-0.15, -0.1) is 0 Å². The summed E-state index contributed by atoms with van der Waals surface area (Å²) in [4.78, 5) is 30.4. The minimum absolute atomic E-state index is 0.0709. The molecule has 1 spiro atoms. The lowest BCUT2D eigenvalue weighted by Gasteiger charge is -2.37. The second-order valence-corrected chi connectivity index (χ2v) is 7.33. The summed E-state index contributed by atoms with van der Waals surface area (Å²) >= 11 is 5.88. The van der Waals surface area contributed by atoms with Crippen LogP contribution in [-0.4, -0.2) is 46.9 Å². The Morgan fingerprint density at radius 1 is 1.44 bits per heavy atom. The molecule has 1 aromatic carbocycles. The fourth-order valence-corrected chi connectivity index (χ4v) is 2.64. The van der Waals surface area contributed by atoms with Crippen LogP contribution in [0.4, 0.5) is 4.79 Å². The van der Waals surface area contributed by atoms with E-state index in [9.17, 15) is 9.59 Å². The number of nitrogens with zero attached hydrogens (tertiary/aromatic N) is 2. The predicted molar refractivity (Wildman–Crippen MR) is 95.9 cm³/mol. The summed E-state index contributed by atoms with van der Waals surface area (Å²) in [6.07, 6.45) is -3.46. The summed E-state index contributed by atoms with van der Waals surface area (Å²) in [5.41, 5.74) is -2.38. The molecule has 0 bridgehead atoms. The molecule has 7 heteroatoms. The maximum absolute atomic E-state index is 12.7. The molecule has 1 N–H and O–H groups in total. The monoisotopic (exact) mass is 367 g/mol. The Hall–Kier alpha value is -2.08. The summed E-state index contributed by atoms with van der Waals surface area (Å²) in [7, 11) is 0. The van der Waals surface area contributed by atoms with Crippen LogP contribution >= 0.6 is 11.6 Å². The first-order valence-corrected chi connectivity index (χ1v) is 8.29. The number of hydrogen-bond acceptors (Lipinski definition) is 4. The molecule has 2 atom stereocenters. The van der Waals surface area contributed by atoms with E-state index in [1.54, 1.807) is 45.0 Å². The van der Waals surface area contributed by atoms with Gasteiger partial charge in [0.25, 0.3) is 5.91 Å². The number of nitrogens with one attached hydrogen (secondary N) is 1. The first kappa shape index (κ1) is 13.2. The maximum Gasteiger partial charge on any atom is 0.410 e. The first-order chi connectivity index (χ1) is 13.3. The predicted octanol–water partition coefficient (Wildman–Crippen LogP) is 2.99. The van der Waals surface area contributed by atoms with E-state index in [2.05, 4.69) is 4.99 Å². The third kappa shape index (κ3) is 3.95. The van der Waals surface area contributed by atoms with Crippen molar-refractivity contribution in [1.29, 1.82) is 0 Å². The second kappa shape index (κ2) is 6.33. The molecule has 6 nitrogen and oxygen atoms in total. The van der Waals surface area contributed by atoms with Gasteiger partial charge >= 0.3 is 6.09 Å². The highest BCUT2D eigenvalue weighted by Gasteiger charge is 2.43. The number of benzene rings is 1. The topological polar surface area (TPSA) is 71.0 Å².